The summed E-state index contributed by atoms with van der Waals surface area (Å²) in [5, 5.41) is 8.33. The van der Waals surface area contributed by atoms with Crippen LogP contribution in [0.2, 0.25) is 0 Å². The summed E-state index contributed by atoms with van der Waals surface area (Å²) in [6, 6.07) is 5.27. The summed E-state index contributed by atoms with van der Waals surface area (Å²) in [6.07, 6.45) is 0. The van der Waals surface area contributed by atoms with Gasteiger partial charge in [-0.25, -0.2) is 21.9 Å². The van der Waals surface area contributed by atoms with Crippen molar-refractivity contribution >= 4 is 10.0 Å². The zero-order chi connectivity index (χ0) is 13.8. The quantitative estimate of drug-likeness (QED) is 0.800. The Morgan fingerprint density at radius 3 is 2.33 bits per heavy atom. The second-order valence-electron chi connectivity index (χ2n) is 3.51. The van der Waals surface area contributed by atoms with Gasteiger partial charge in [0.2, 0.25) is 10.0 Å². The number of nitrogens with one attached hydrogen (secondary N) is 1. The van der Waals surface area contributed by atoms with Crippen molar-refractivity contribution in [2.45, 2.75) is 10.8 Å². The molecule has 18 heavy (non-hydrogen) atoms. The highest BCUT2D eigenvalue weighted by Crippen LogP contribution is 2.16. The Hall–Kier alpha value is -1.25. The van der Waals surface area contributed by atoms with Gasteiger partial charge in [-0.05, 0) is 24.3 Å². The van der Waals surface area contributed by atoms with Crippen LogP contribution in [0, 0.1) is 0 Å². The first-order valence-electron chi connectivity index (χ1n) is 4.93. The third-order valence-electron chi connectivity index (χ3n) is 2.12. The highest BCUT2D eigenvalue weighted by molar-refractivity contribution is 7.89. The first-order chi connectivity index (χ1) is 8.30. The van der Waals surface area contributed by atoms with Crippen LogP contribution in [-0.4, -0.2) is 39.7 Å². The minimum Gasteiger partial charge on any atom is -0.497 e. The monoisotopic (exact) mass is 281 g/mol. The fourth-order valence-electron chi connectivity index (χ4n) is 1.09. The summed E-state index contributed by atoms with van der Waals surface area (Å²) in [6.45, 7) is -2.57. The Morgan fingerprint density at radius 2 is 1.89 bits per heavy atom. The van der Waals surface area contributed by atoms with E-state index in [1.165, 1.54) is 31.4 Å². The second kappa shape index (κ2) is 5.59. The molecule has 2 N–H and O–H groups in total. The average molecular weight is 281 g/mol. The number of rotatable bonds is 6. The lowest BCUT2D eigenvalue weighted by molar-refractivity contribution is -0.0437. The molecule has 1 aromatic carbocycles. The predicted octanol–water partition coefficient (Wildman–Crippen LogP) is 0.601. The van der Waals surface area contributed by atoms with Gasteiger partial charge in [0.25, 0.3) is 5.92 Å². The number of methoxy groups -OCH3 is 1. The molecule has 0 aliphatic heterocycles. The first-order valence-corrected chi connectivity index (χ1v) is 6.41. The second-order valence-corrected chi connectivity index (χ2v) is 5.28. The minimum atomic E-state index is -4.03. The molecule has 102 valence electrons. The van der Waals surface area contributed by atoms with E-state index in [1.54, 1.807) is 4.72 Å². The van der Waals surface area contributed by atoms with E-state index in [-0.39, 0.29) is 4.90 Å². The van der Waals surface area contributed by atoms with E-state index in [2.05, 4.69) is 0 Å². The SMILES string of the molecule is COc1ccc(S(=O)(=O)NCC(F)(F)CO)cc1. The van der Waals surface area contributed by atoms with E-state index in [0.29, 0.717) is 5.75 Å². The topological polar surface area (TPSA) is 75.6 Å². The van der Waals surface area contributed by atoms with Crippen LogP contribution in [0.1, 0.15) is 0 Å². The normalized spacial score (nSPS) is 12.4. The van der Waals surface area contributed by atoms with E-state index in [1.807, 2.05) is 0 Å². The number of benzene rings is 1. The zero-order valence-corrected chi connectivity index (χ0v) is 10.4. The number of aliphatic hydroxyl groups is 1. The Morgan fingerprint density at radius 1 is 1.33 bits per heavy atom. The van der Waals surface area contributed by atoms with E-state index >= 15 is 0 Å². The summed E-state index contributed by atoms with van der Waals surface area (Å²) in [7, 11) is -2.61. The Labute approximate surface area is 103 Å². The van der Waals surface area contributed by atoms with Crippen molar-refractivity contribution in [1.29, 1.82) is 0 Å². The smallest absolute Gasteiger partial charge is 0.283 e. The molecule has 0 saturated carbocycles. The number of alkyl halides is 2. The van der Waals surface area contributed by atoms with Crippen molar-refractivity contribution < 1.29 is 27.0 Å². The van der Waals surface area contributed by atoms with E-state index in [4.69, 9.17) is 9.84 Å². The number of sulfonamides is 1. The Balaban J connectivity index is 2.80. The summed E-state index contributed by atoms with van der Waals surface area (Å²) < 4.78 is 55.3. The number of halogens is 2. The van der Waals surface area contributed by atoms with Crippen LogP contribution in [0.4, 0.5) is 8.78 Å². The lowest BCUT2D eigenvalue weighted by Gasteiger charge is -2.14. The van der Waals surface area contributed by atoms with Gasteiger partial charge in [0, 0.05) is 0 Å². The van der Waals surface area contributed by atoms with E-state index in [0.717, 1.165) is 0 Å². The Bertz CT molecular complexity index is 487. The van der Waals surface area contributed by atoms with Gasteiger partial charge in [-0.3, -0.25) is 0 Å². The van der Waals surface area contributed by atoms with Crippen molar-refractivity contribution in [3.05, 3.63) is 24.3 Å². The fraction of sp³-hybridized carbons (Fsp3) is 0.400. The van der Waals surface area contributed by atoms with Crippen LogP contribution >= 0.6 is 0 Å². The number of hydrogen-bond acceptors (Lipinski definition) is 4. The molecule has 8 heteroatoms. The molecule has 0 amide bonds. The van der Waals surface area contributed by atoms with Crippen LogP contribution in [-0.2, 0) is 10.0 Å². The third kappa shape index (κ3) is 3.90. The molecule has 5 nitrogen and oxygen atoms in total. The van der Waals surface area contributed by atoms with Crippen molar-refractivity contribution in [2.75, 3.05) is 20.3 Å². The molecule has 0 aliphatic rings. The van der Waals surface area contributed by atoms with Gasteiger partial charge in [-0.15, -0.1) is 0 Å². The van der Waals surface area contributed by atoms with Crippen LogP contribution in [0.5, 0.6) is 5.75 Å². The van der Waals surface area contributed by atoms with Gasteiger partial charge >= 0.3 is 0 Å². The fourth-order valence-corrected chi connectivity index (χ4v) is 2.16. The molecule has 0 spiro atoms. The molecule has 1 aromatic rings. The van der Waals surface area contributed by atoms with Gasteiger partial charge in [-0.2, -0.15) is 0 Å². The van der Waals surface area contributed by atoms with E-state index in [9.17, 15) is 17.2 Å². The molecule has 0 unspecified atom stereocenters. The standard InChI is InChI=1S/C10H13F2NO4S/c1-17-8-2-4-9(5-3-8)18(15,16)13-6-10(11,12)7-14/h2-5,13-14H,6-7H2,1H3. The lowest BCUT2D eigenvalue weighted by atomic mass is 10.3. The molecule has 0 heterocycles. The molecule has 0 bridgehead atoms. The lowest BCUT2D eigenvalue weighted by Crippen LogP contribution is -2.38. The molecular formula is C10H13F2NO4S. The molecule has 0 atom stereocenters. The van der Waals surface area contributed by atoms with Gasteiger partial charge in [0.05, 0.1) is 18.6 Å². The van der Waals surface area contributed by atoms with Gasteiger partial charge in [0.1, 0.15) is 12.4 Å². The third-order valence-corrected chi connectivity index (χ3v) is 3.54. The molecular weight excluding hydrogens is 268 g/mol. The van der Waals surface area contributed by atoms with Crippen LogP contribution in [0.25, 0.3) is 0 Å². The minimum absolute atomic E-state index is 0.156. The number of hydrogen-bond donors (Lipinski definition) is 2. The van der Waals surface area contributed by atoms with Crippen molar-refractivity contribution in [3.8, 4) is 5.75 Å². The summed E-state index contributed by atoms with van der Waals surface area (Å²) in [5.41, 5.74) is 0. The molecule has 1 rings (SSSR count). The van der Waals surface area contributed by atoms with Crippen LogP contribution in [0.3, 0.4) is 0 Å². The summed E-state index contributed by atoms with van der Waals surface area (Å²) in [4.78, 5) is -0.156. The highest BCUT2D eigenvalue weighted by Gasteiger charge is 2.30. The van der Waals surface area contributed by atoms with Gasteiger partial charge in [0.15, 0.2) is 0 Å². The Kier molecular flexibility index (Phi) is 4.60. The highest BCUT2D eigenvalue weighted by atomic mass is 32.2. The van der Waals surface area contributed by atoms with Crippen LogP contribution in [0.15, 0.2) is 29.2 Å². The number of ether oxygens (including phenoxy) is 1. The van der Waals surface area contributed by atoms with Crippen molar-refractivity contribution in [1.82, 2.24) is 4.72 Å². The van der Waals surface area contributed by atoms with Gasteiger partial charge in [-0.1, -0.05) is 0 Å². The zero-order valence-electron chi connectivity index (χ0n) is 9.56. The largest absolute Gasteiger partial charge is 0.497 e. The van der Waals surface area contributed by atoms with Crippen molar-refractivity contribution in [2.24, 2.45) is 0 Å². The maximum Gasteiger partial charge on any atom is 0.283 e. The maximum atomic E-state index is 12.7. The first kappa shape index (κ1) is 14.8. The van der Waals surface area contributed by atoms with Crippen molar-refractivity contribution in [3.63, 3.8) is 0 Å². The number of aliphatic hydroxyl groups excluding tert-OH is 1. The van der Waals surface area contributed by atoms with E-state index < -0.39 is 29.1 Å². The predicted molar refractivity (Wildman–Crippen MR) is 60.2 cm³/mol. The average Bonchev–Trinajstić information content (AvgIpc) is 2.37. The van der Waals surface area contributed by atoms with Crippen LogP contribution < -0.4 is 9.46 Å². The summed E-state index contributed by atoms with van der Waals surface area (Å²) in [5.74, 6) is -3.03. The molecule has 0 saturated heterocycles. The molecule has 0 fully saturated rings. The molecule has 0 aromatic heterocycles. The molecule has 0 aliphatic carbocycles. The van der Waals surface area contributed by atoms with Gasteiger partial charge < -0.3 is 9.84 Å². The maximum absolute atomic E-state index is 12.7. The molecule has 0 radical (unpaired) electrons. The summed E-state index contributed by atoms with van der Waals surface area (Å²) >= 11 is 0.